The highest BCUT2D eigenvalue weighted by molar-refractivity contribution is 6.28. The first-order valence-electron chi connectivity index (χ1n) is 2.05. The van der Waals surface area contributed by atoms with Crippen LogP contribution in [-0.4, -0.2) is 14.7 Å². The van der Waals surface area contributed by atoms with Gasteiger partial charge in [0.2, 0.25) is 0 Å². The quantitative estimate of drug-likeness (QED) is 0.431. The number of hydrogen-bond acceptors (Lipinski definition) is 3. The second-order valence-corrected chi connectivity index (χ2v) is 1.62. The maximum atomic E-state index is 9.93. The minimum atomic E-state index is -0.657. The first kappa shape index (κ1) is 6.03. The molecule has 1 aromatic heterocycles. The number of halogens is 1. The average molecular weight is 148 g/mol. The Balaban J connectivity index is 3.08. The van der Waals surface area contributed by atoms with E-state index in [9.17, 15) is 10.1 Å². The van der Waals surface area contributed by atoms with Gasteiger partial charge in [0.15, 0.2) is 5.03 Å². The van der Waals surface area contributed by atoms with Gasteiger partial charge in [0.25, 0.3) is 5.28 Å². The fourth-order valence-electron chi connectivity index (χ4n) is 0.400. The molecule has 0 aliphatic heterocycles. The number of hydrogen-bond donors (Lipinski definition) is 0. The molecule has 0 fully saturated rings. The van der Waals surface area contributed by atoms with Crippen LogP contribution in [0.4, 0.5) is 0 Å². The summed E-state index contributed by atoms with van der Waals surface area (Å²) < 4.78 is 0.627. The standard InChI is InChI=1S/C3H2ClN3O2/c4-3-5-1-2-6(3)7(8)9/h1-2H. The molecule has 0 bridgehead atoms. The molecule has 5 nitrogen and oxygen atoms in total. The van der Waals surface area contributed by atoms with E-state index in [1.165, 1.54) is 12.4 Å². The topological polar surface area (TPSA) is 61.0 Å². The van der Waals surface area contributed by atoms with Crippen molar-refractivity contribution in [3.8, 4) is 0 Å². The summed E-state index contributed by atoms with van der Waals surface area (Å²) in [5.41, 5.74) is 0. The highest BCUT2D eigenvalue weighted by atomic mass is 35.5. The van der Waals surface area contributed by atoms with Crippen LogP contribution in [0.3, 0.4) is 0 Å². The first-order chi connectivity index (χ1) is 4.22. The predicted octanol–water partition coefficient (Wildman–Crippen LogP) is 0.576. The van der Waals surface area contributed by atoms with Gasteiger partial charge in [0.05, 0.1) is 12.4 Å². The average Bonchev–Trinajstić information content (AvgIpc) is 2.13. The van der Waals surface area contributed by atoms with Crippen LogP contribution in [-0.2, 0) is 0 Å². The van der Waals surface area contributed by atoms with Crippen LogP contribution in [0.15, 0.2) is 12.4 Å². The third-order valence-corrected chi connectivity index (χ3v) is 1.02. The highest BCUT2D eigenvalue weighted by Gasteiger charge is 2.05. The largest absolute Gasteiger partial charge is 0.267 e. The Bertz CT molecular complexity index is 233. The monoisotopic (exact) mass is 147 g/mol. The van der Waals surface area contributed by atoms with E-state index in [2.05, 4.69) is 4.98 Å². The number of rotatable bonds is 1. The molecule has 0 aliphatic rings. The van der Waals surface area contributed by atoms with E-state index < -0.39 is 5.03 Å². The number of aromatic nitrogens is 2. The molecule has 0 saturated carbocycles. The summed E-state index contributed by atoms with van der Waals surface area (Å²) in [6, 6.07) is 0. The van der Waals surface area contributed by atoms with E-state index in [0.717, 1.165) is 0 Å². The van der Waals surface area contributed by atoms with Gasteiger partial charge in [-0.3, -0.25) is 0 Å². The van der Waals surface area contributed by atoms with E-state index in [-0.39, 0.29) is 5.28 Å². The van der Waals surface area contributed by atoms with Crippen molar-refractivity contribution in [2.24, 2.45) is 0 Å². The molecule has 0 spiro atoms. The van der Waals surface area contributed by atoms with Crippen LogP contribution in [0.25, 0.3) is 0 Å². The summed E-state index contributed by atoms with van der Waals surface area (Å²) in [6.45, 7) is 0. The van der Waals surface area contributed by atoms with Crippen LogP contribution < -0.4 is 0 Å². The Labute approximate surface area is 55.0 Å². The van der Waals surface area contributed by atoms with Crippen molar-refractivity contribution in [1.82, 2.24) is 9.66 Å². The lowest BCUT2D eigenvalue weighted by atomic mass is 11.0. The number of imidazole rings is 1. The molecule has 0 aromatic carbocycles. The molecule has 9 heavy (non-hydrogen) atoms. The molecular weight excluding hydrogens is 146 g/mol. The third-order valence-electron chi connectivity index (χ3n) is 0.754. The lowest BCUT2D eigenvalue weighted by molar-refractivity contribution is -0.541. The van der Waals surface area contributed by atoms with Crippen molar-refractivity contribution in [2.75, 3.05) is 0 Å². The molecule has 1 heterocycles. The predicted molar refractivity (Wildman–Crippen MR) is 29.6 cm³/mol. The Morgan fingerprint density at radius 2 is 2.56 bits per heavy atom. The second kappa shape index (κ2) is 2.02. The van der Waals surface area contributed by atoms with Crippen LogP contribution in [0.1, 0.15) is 0 Å². The number of nitrogens with zero attached hydrogens (tertiary/aromatic N) is 3. The van der Waals surface area contributed by atoms with E-state index >= 15 is 0 Å². The summed E-state index contributed by atoms with van der Waals surface area (Å²) in [5, 5.41) is 9.13. The van der Waals surface area contributed by atoms with Crippen molar-refractivity contribution in [3.63, 3.8) is 0 Å². The van der Waals surface area contributed by atoms with Crippen molar-refractivity contribution >= 4 is 11.6 Å². The van der Waals surface area contributed by atoms with Crippen molar-refractivity contribution in [2.45, 2.75) is 0 Å². The lowest BCUT2D eigenvalue weighted by Crippen LogP contribution is -2.06. The minimum absolute atomic E-state index is 0.139. The SMILES string of the molecule is O=[N+]([O-])n1ccnc1Cl. The first-order valence-corrected chi connectivity index (χ1v) is 2.43. The Morgan fingerprint density at radius 1 is 1.89 bits per heavy atom. The van der Waals surface area contributed by atoms with E-state index in [1.54, 1.807) is 0 Å². The van der Waals surface area contributed by atoms with Gasteiger partial charge in [-0.1, -0.05) is 0 Å². The van der Waals surface area contributed by atoms with Crippen molar-refractivity contribution in [3.05, 3.63) is 27.8 Å². The zero-order valence-electron chi connectivity index (χ0n) is 4.19. The lowest BCUT2D eigenvalue weighted by Gasteiger charge is -1.86. The fourth-order valence-corrected chi connectivity index (χ4v) is 0.575. The summed E-state index contributed by atoms with van der Waals surface area (Å²) >= 11 is 5.24. The summed E-state index contributed by atoms with van der Waals surface area (Å²) in [6.07, 6.45) is 2.42. The van der Waals surface area contributed by atoms with Gasteiger partial charge in [-0.05, 0) is 16.3 Å². The van der Waals surface area contributed by atoms with E-state index in [0.29, 0.717) is 4.68 Å². The molecule has 1 rings (SSSR count). The molecule has 0 amide bonds. The van der Waals surface area contributed by atoms with Gasteiger partial charge in [-0.2, -0.15) is 0 Å². The minimum Gasteiger partial charge on any atom is -0.234 e. The van der Waals surface area contributed by atoms with Crippen molar-refractivity contribution in [1.29, 1.82) is 0 Å². The fraction of sp³-hybridized carbons (Fsp3) is 0. The van der Waals surface area contributed by atoms with Crippen LogP contribution in [0.5, 0.6) is 0 Å². The molecular formula is C3H2ClN3O2. The Kier molecular flexibility index (Phi) is 1.35. The molecule has 0 saturated heterocycles. The molecule has 0 atom stereocenters. The zero-order chi connectivity index (χ0) is 6.85. The molecule has 6 heteroatoms. The van der Waals surface area contributed by atoms with E-state index in [4.69, 9.17) is 11.6 Å². The molecule has 0 unspecified atom stereocenters. The van der Waals surface area contributed by atoms with Crippen LogP contribution >= 0.6 is 11.6 Å². The van der Waals surface area contributed by atoms with E-state index in [1.807, 2.05) is 0 Å². The van der Waals surface area contributed by atoms with Gasteiger partial charge >= 0.3 is 0 Å². The molecule has 0 radical (unpaired) electrons. The normalized spacial score (nSPS) is 9.44. The third kappa shape index (κ3) is 0.996. The highest BCUT2D eigenvalue weighted by Crippen LogP contribution is 2.02. The van der Waals surface area contributed by atoms with Gasteiger partial charge in [-0.15, -0.1) is 0 Å². The molecule has 0 N–H and O–H groups in total. The zero-order valence-corrected chi connectivity index (χ0v) is 4.95. The molecule has 48 valence electrons. The van der Waals surface area contributed by atoms with Crippen molar-refractivity contribution < 1.29 is 5.03 Å². The van der Waals surface area contributed by atoms with Gasteiger partial charge in [-0.25, -0.2) is 15.1 Å². The van der Waals surface area contributed by atoms with Crippen LogP contribution in [0, 0.1) is 10.1 Å². The van der Waals surface area contributed by atoms with Gasteiger partial charge in [0.1, 0.15) is 0 Å². The molecule has 1 aromatic rings. The molecule has 0 aliphatic carbocycles. The Morgan fingerprint density at radius 3 is 2.78 bits per heavy atom. The maximum absolute atomic E-state index is 9.93. The summed E-state index contributed by atoms with van der Waals surface area (Å²) in [7, 11) is 0. The smallest absolute Gasteiger partial charge is 0.234 e. The van der Waals surface area contributed by atoms with Crippen LogP contribution in [0.2, 0.25) is 5.28 Å². The summed E-state index contributed by atoms with van der Waals surface area (Å²) in [4.78, 5) is 13.4. The Hall–Kier alpha value is -1.10. The summed E-state index contributed by atoms with van der Waals surface area (Å²) in [5.74, 6) is 0. The maximum Gasteiger partial charge on any atom is 0.267 e. The number of nitro groups is 1. The second-order valence-electron chi connectivity index (χ2n) is 1.28. The van der Waals surface area contributed by atoms with Gasteiger partial charge in [0, 0.05) is 0 Å². The van der Waals surface area contributed by atoms with Gasteiger partial charge < -0.3 is 0 Å².